The van der Waals surface area contributed by atoms with Crippen molar-refractivity contribution in [3.8, 4) is 5.75 Å². The molecule has 1 rings (SSSR count). The average molecular weight is 241 g/mol. The van der Waals surface area contributed by atoms with E-state index in [4.69, 9.17) is 9.88 Å². The van der Waals surface area contributed by atoms with Crippen LogP contribution in [0.2, 0.25) is 0 Å². The highest BCUT2D eigenvalue weighted by Crippen LogP contribution is 2.23. The van der Waals surface area contributed by atoms with Crippen LogP contribution in [-0.4, -0.2) is 15.0 Å². The second kappa shape index (κ2) is 5.14. The summed E-state index contributed by atoms with van der Waals surface area (Å²) in [6, 6.07) is 4.88. The van der Waals surface area contributed by atoms with E-state index in [2.05, 4.69) is 6.58 Å². The fraction of sp³-hybridized carbons (Fsp3) is 0.273. The van der Waals surface area contributed by atoms with Crippen molar-refractivity contribution < 1.29 is 13.2 Å². The van der Waals surface area contributed by atoms with Crippen LogP contribution in [0.15, 0.2) is 35.7 Å². The van der Waals surface area contributed by atoms with E-state index in [9.17, 15) is 8.42 Å². The van der Waals surface area contributed by atoms with Crippen LogP contribution in [0.1, 0.15) is 12.0 Å². The minimum Gasteiger partial charge on any atom is -0.492 e. The molecule has 0 unspecified atom stereocenters. The van der Waals surface area contributed by atoms with Gasteiger partial charge in [-0.1, -0.05) is 12.1 Å². The number of aryl methyl sites for hydroxylation is 1. The predicted molar refractivity (Wildman–Crippen MR) is 62.9 cm³/mol. The van der Waals surface area contributed by atoms with Gasteiger partial charge in [0.2, 0.25) is 10.0 Å². The summed E-state index contributed by atoms with van der Waals surface area (Å²) >= 11 is 0. The molecule has 4 nitrogen and oxygen atoms in total. The third-order valence-corrected chi connectivity index (χ3v) is 2.92. The van der Waals surface area contributed by atoms with Crippen LogP contribution in [-0.2, 0) is 10.0 Å². The SMILES string of the molecule is C=CCCOc1ccc(C)cc1S(N)(=O)=O. The van der Waals surface area contributed by atoms with Crippen LogP contribution in [0.4, 0.5) is 0 Å². The van der Waals surface area contributed by atoms with Gasteiger partial charge in [-0.15, -0.1) is 6.58 Å². The van der Waals surface area contributed by atoms with Crippen molar-refractivity contribution in [2.75, 3.05) is 6.61 Å². The Balaban J connectivity index is 3.04. The maximum Gasteiger partial charge on any atom is 0.241 e. The summed E-state index contributed by atoms with van der Waals surface area (Å²) in [6.45, 7) is 5.73. The van der Waals surface area contributed by atoms with Crippen LogP contribution in [0.5, 0.6) is 5.75 Å². The minimum absolute atomic E-state index is 0.0246. The van der Waals surface area contributed by atoms with Gasteiger partial charge >= 0.3 is 0 Å². The zero-order chi connectivity index (χ0) is 12.2. The van der Waals surface area contributed by atoms with Crippen molar-refractivity contribution in [2.24, 2.45) is 5.14 Å². The lowest BCUT2D eigenvalue weighted by atomic mass is 10.2. The highest BCUT2D eigenvalue weighted by molar-refractivity contribution is 7.89. The molecule has 0 fully saturated rings. The Kier molecular flexibility index (Phi) is 4.09. The maximum atomic E-state index is 11.3. The van der Waals surface area contributed by atoms with E-state index >= 15 is 0 Å². The van der Waals surface area contributed by atoms with Gasteiger partial charge in [0.1, 0.15) is 10.6 Å². The molecule has 0 aliphatic heterocycles. The second-order valence-corrected chi connectivity index (χ2v) is 4.95. The molecule has 0 saturated heterocycles. The lowest BCUT2D eigenvalue weighted by Crippen LogP contribution is -2.14. The fourth-order valence-electron chi connectivity index (χ4n) is 1.21. The predicted octanol–water partition coefficient (Wildman–Crippen LogP) is 1.60. The van der Waals surface area contributed by atoms with Gasteiger partial charge < -0.3 is 4.74 Å². The normalized spacial score (nSPS) is 11.1. The maximum absolute atomic E-state index is 11.3. The fourth-order valence-corrected chi connectivity index (χ4v) is 1.97. The summed E-state index contributed by atoms with van der Waals surface area (Å²) < 4.78 is 28.0. The number of benzene rings is 1. The third-order valence-electron chi connectivity index (χ3n) is 1.99. The number of nitrogens with two attached hydrogens (primary N) is 1. The largest absolute Gasteiger partial charge is 0.492 e. The number of hydrogen-bond donors (Lipinski definition) is 1. The molecule has 16 heavy (non-hydrogen) atoms. The first kappa shape index (κ1) is 12.7. The van der Waals surface area contributed by atoms with E-state index in [0.717, 1.165) is 5.56 Å². The number of sulfonamides is 1. The van der Waals surface area contributed by atoms with E-state index in [-0.39, 0.29) is 10.6 Å². The summed E-state index contributed by atoms with van der Waals surface area (Å²) in [4.78, 5) is 0.0246. The number of rotatable bonds is 5. The van der Waals surface area contributed by atoms with Crippen molar-refractivity contribution in [1.29, 1.82) is 0 Å². The minimum atomic E-state index is -3.74. The summed E-state index contributed by atoms with van der Waals surface area (Å²) in [5, 5.41) is 5.10. The van der Waals surface area contributed by atoms with Gasteiger partial charge in [0.25, 0.3) is 0 Å². The monoisotopic (exact) mass is 241 g/mol. The average Bonchev–Trinajstić information content (AvgIpc) is 2.19. The Morgan fingerprint density at radius 3 is 2.75 bits per heavy atom. The lowest BCUT2D eigenvalue weighted by molar-refractivity contribution is 0.316. The summed E-state index contributed by atoms with van der Waals surface area (Å²) in [6.07, 6.45) is 2.35. The van der Waals surface area contributed by atoms with Gasteiger partial charge in [-0.05, 0) is 31.0 Å². The number of hydrogen-bond acceptors (Lipinski definition) is 3. The van der Waals surface area contributed by atoms with Crippen molar-refractivity contribution >= 4 is 10.0 Å². The Morgan fingerprint density at radius 2 is 2.19 bits per heavy atom. The molecular formula is C11H15NO3S. The molecule has 0 amide bonds. The van der Waals surface area contributed by atoms with E-state index in [1.165, 1.54) is 6.07 Å². The molecular weight excluding hydrogens is 226 g/mol. The molecule has 5 heteroatoms. The molecule has 0 atom stereocenters. The summed E-state index contributed by atoms with van der Waals surface area (Å²) in [7, 11) is -3.74. The standard InChI is InChI=1S/C11H15NO3S/c1-3-4-7-15-10-6-5-9(2)8-11(10)16(12,13)14/h3,5-6,8H,1,4,7H2,2H3,(H2,12,13,14). The van der Waals surface area contributed by atoms with Crippen molar-refractivity contribution in [1.82, 2.24) is 0 Å². The topological polar surface area (TPSA) is 69.4 Å². The molecule has 2 N–H and O–H groups in total. The number of primary sulfonamides is 1. The molecule has 1 aromatic rings. The van der Waals surface area contributed by atoms with Crippen LogP contribution >= 0.6 is 0 Å². The Hall–Kier alpha value is -1.33. The first-order chi connectivity index (χ1) is 7.45. The summed E-state index contributed by atoms with van der Waals surface area (Å²) in [5.74, 6) is 0.287. The van der Waals surface area contributed by atoms with Crippen LogP contribution in [0.25, 0.3) is 0 Å². The third kappa shape index (κ3) is 3.36. The molecule has 0 aromatic heterocycles. The van der Waals surface area contributed by atoms with Crippen LogP contribution in [0.3, 0.4) is 0 Å². The van der Waals surface area contributed by atoms with Crippen LogP contribution < -0.4 is 9.88 Å². The molecule has 0 aliphatic carbocycles. The Labute approximate surface area is 95.8 Å². The van der Waals surface area contributed by atoms with Crippen molar-refractivity contribution in [3.05, 3.63) is 36.4 Å². The molecule has 0 heterocycles. The first-order valence-corrected chi connectivity index (χ1v) is 6.37. The van der Waals surface area contributed by atoms with E-state index < -0.39 is 10.0 Å². The molecule has 0 saturated carbocycles. The van der Waals surface area contributed by atoms with Gasteiger partial charge in [0, 0.05) is 0 Å². The van der Waals surface area contributed by atoms with Gasteiger partial charge in [0.15, 0.2) is 0 Å². The molecule has 0 bridgehead atoms. The second-order valence-electron chi connectivity index (χ2n) is 3.42. The van der Waals surface area contributed by atoms with Gasteiger partial charge in [-0.2, -0.15) is 0 Å². The van der Waals surface area contributed by atoms with E-state index in [1.54, 1.807) is 25.1 Å². The molecule has 0 spiro atoms. The van der Waals surface area contributed by atoms with Crippen LogP contribution in [0, 0.1) is 6.92 Å². The summed E-state index contributed by atoms with van der Waals surface area (Å²) in [5.41, 5.74) is 0.820. The molecule has 0 aliphatic rings. The highest BCUT2D eigenvalue weighted by Gasteiger charge is 2.14. The number of ether oxygens (including phenoxy) is 1. The first-order valence-electron chi connectivity index (χ1n) is 4.82. The molecule has 0 radical (unpaired) electrons. The van der Waals surface area contributed by atoms with E-state index in [0.29, 0.717) is 13.0 Å². The Bertz CT molecular complexity index is 480. The molecule has 1 aromatic carbocycles. The van der Waals surface area contributed by atoms with Crippen molar-refractivity contribution in [3.63, 3.8) is 0 Å². The quantitative estimate of drug-likeness (QED) is 0.628. The zero-order valence-corrected chi connectivity index (χ0v) is 9.96. The van der Waals surface area contributed by atoms with Gasteiger partial charge in [0.05, 0.1) is 6.61 Å². The lowest BCUT2D eigenvalue weighted by Gasteiger charge is -2.09. The van der Waals surface area contributed by atoms with Crippen molar-refractivity contribution in [2.45, 2.75) is 18.2 Å². The smallest absolute Gasteiger partial charge is 0.241 e. The molecule has 88 valence electrons. The van der Waals surface area contributed by atoms with E-state index in [1.807, 2.05) is 0 Å². The van der Waals surface area contributed by atoms with Gasteiger partial charge in [-0.3, -0.25) is 0 Å². The Morgan fingerprint density at radius 1 is 1.50 bits per heavy atom. The zero-order valence-electron chi connectivity index (χ0n) is 9.14. The highest BCUT2D eigenvalue weighted by atomic mass is 32.2. The van der Waals surface area contributed by atoms with Gasteiger partial charge in [-0.25, -0.2) is 13.6 Å².